The van der Waals surface area contributed by atoms with E-state index in [2.05, 4.69) is 21.3 Å². The Morgan fingerprint density at radius 2 is 1.42 bits per heavy atom. The van der Waals surface area contributed by atoms with Crippen molar-refractivity contribution in [1.82, 2.24) is 31.1 Å². The molecule has 328 valence electrons. The van der Waals surface area contributed by atoms with Crippen molar-refractivity contribution >= 4 is 41.4 Å². The first-order valence-corrected chi connectivity index (χ1v) is 20.5. The lowest BCUT2D eigenvalue weighted by atomic mass is 9.94. The van der Waals surface area contributed by atoms with Crippen molar-refractivity contribution < 1.29 is 53.6 Å². The average molecular weight is 837 g/mol. The number of likely N-dealkylation sites (N-methyl/N-ethyl adjacent to an activating group) is 1. The van der Waals surface area contributed by atoms with Gasteiger partial charge in [-0.05, 0) is 49.1 Å². The summed E-state index contributed by atoms with van der Waals surface area (Å²) in [6, 6.07) is 9.52. The average Bonchev–Trinajstić information content (AvgIpc) is 3.22. The van der Waals surface area contributed by atoms with Crippen LogP contribution < -0.4 is 21.3 Å². The van der Waals surface area contributed by atoms with Crippen molar-refractivity contribution in [3.63, 3.8) is 0 Å². The highest BCUT2D eigenvalue weighted by Crippen LogP contribution is 2.25. The number of hydrogen-bond acceptors (Lipinski definition) is 11. The number of carbonyl (C=O) groups is 7. The number of piperidine rings is 1. The highest BCUT2D eigenvalue weighted by atomic mass is 16.5. The Morgan fingerprint density at radius 1 is 0.833 bits per heavy atom. The van der Waals surface area contributed by atoms with Gasteiger partial charge in [-0.2, -0.15) is 0 Å². The Kier molecular flexibility index (Phi) is 17.1. The Labute approximate surface area is 350 Å². The summed E-state index contributed by atoms with van der Waals surface area (Å²) in [5, 5.41) is 41.4. The van der Waals surface area contributed by atoms with Crippen molar-refractivity contribution in [3.05, 3.63) is 71.8 Å². The third-order valence-electron chi connectivity index (χ3n) is 11.1. The maximum Gasteiger partial charge on any atom is 0.329 e. The second-order valence-corrected chi connectivity index (χ2v) is 16.1. The minimum absolute atomic E-state index is 0.00652. The summed E-state index contributed by atoms with van der Waals surface area (Å²) >= 11 is 0. The van der Waals surface area contributed by atoms with E-state index in [1.165, 1.54) is 18.9 Å². The number of aliphatic hydroxyl groups is 3. The number of benzene rings is 2. The van der Waals surface area contributed by atoms with Crippen molar-refractivity contribution in [2.24, 2.45) is 11.8 Å². The van der Waals surface area contributed by atoms with Crippen LogP contribution in [0, 0.1) is 11.8 Å². The molecule has 2 aromatic rings. The summed E-state index contributed by atoms with van der Waals surface area (Å²) in [6.45, 7) is 7.40. The number of aliphatic hydroxyl groups excluding tert-OH is 3. The SMILES string of the molecule is CC[C@H](C)[C@@H]1NC(=O)[C@H](Cc2ccccc2)N(C)C(=O)C(Cc2ccccc2)N2C(=O)[C@H](CC[C@H]2O)NC(=O)C(CC(C)C)NC(=O)C(NC(=O)[C@H](O)CO)[C@@H](C)OC1=O. The molecule has 2 bridgehead atoms. The number of fused-ring (bicyclic) bond motifs is 2. The predicted molar refractivity (Wildman–Crippen MR) is 218 cm³/mol. The van der Waals surface area contributed by atoms with E-state index in [9.17, 15) is 48.9 Å². The Bertz CT molecular complexity index is 1810. The van der Waals surface area contributed by atoms with E-state index in [0.29, 0.717) is 17.5 Å². The van der Waals surface area contributed by atoms with Gasteiger partial charge in [0.1, 0.15) is 48.6 Å². The molecule has 60 heavy (non-hydrogen) atoms. The molecular weight excluding hydrogens is 777 g/mol. The van der Waals surface area contributed by atoms with Crippen LogP contribution in [0.1, 0.15) is 71.4 Å². The summed E-state index contributed by atoms with van der Waals surface area (Å²) < 4.78 is 5.77. The number of cyclic esters (lactones) is 1. The molecule has 2 aromatic carbocycles. The van der Waals surface area contributed by atoms with Crippen LogP contribution in [0.3, 0.4) is 0 Å². The highest BCUT2D eigenvalue weighted by Gasteiger charge is 2.46. The fourth-order valence-corrected chi connectivity index (χ4v) is 7.38. The Balaban J connectivity index is 1.89. The molecule has 0 aliphatic carbocycles. The van der Waals surface area contributed by atoms with Gasteiger partial charge in [-0.15, -0.1) is 0 Å². The van der Waals surface area contributed by atoms with Gasteiger partial charge >= 0.3 is 5.97 Å². The van der Waals surface area contributed by atoms with Crippen LogP contribution in [0.25, 0.3) is 0 Å². The van der Waals surface area contributed by atoms with Gasteiger partial charge in [0.25, 0.3) is 5.91 Å². The third kappa shape index (κ3) is 12.1. The molecule has 0 saturated carbocycles. The van der Waals surface area contributed by atoms with Gasteiger partial charge in [-0.25, -0.2) is 4.79 Å². The first-order chi connectivity index (χ1) is 28.5. The smallest absolute Gasteiger partial charge is 0.329 e. The largest absolute Gasteiger partial charge is 0.458 e. The van der Waals surface area contributed by atoms with Gasteiger partial charge in [0.05, 0.1) is 6.61 Å². The van der Waals surface area contributed by atoms with Crippen LogP contribution in [0.5, 0.6) is 0 Å². The summed E-state index contributed by atoms with van der Waals surface area (Å²) in [4.78, 5) is 101. The molecule has 10 atom stereocenters. The molecule has 7 N–H and O–H groups in total. The summed E-state index contributed by atoms with van der Waals surface area (Å²) in [5.74, 6) is -6.81. The first-order valence-electron chi connectivity index (χ1n) is 20.5. The zero-order valence-corrected chi connectivity index (χ0v) is 35.1. The molecule has 2 aliphatic rings. The monoisotopic (exact) mass is 836 g/mol. The second-order valence-electron chi connectivity index (χ2n) is 16.1. The Hall–Kier alpha value is -5.39. The first kappa shape index (κ1) is 47.3. The van der Waals surface area contributed by atoms with E-state index in [4.69, 9.17) is 4.74 Å². The lowest BCUT2D eigenvalue weighted by molar-refractivity contribution is -0.165. The van der Waals surface area contributed by atoms with E-state index in [-0.39, 0.29) is 38.0 Å². The van der Waals surface area contributed by atoms with E-state index in [0.717, 1.165) is 4.90 Å². The van der Waals surface area contributed by atoms with Crippen LogP contribution in [-0.4, -0.2) is 135 Å². The number of rotatable bonds is 11. The van der Waals surface area contributed by atoms with Crippen LogP contribution in [0.15, 0.2) is 60.7 Å². The Morgan fingerprint density at radius 3 is 1.97 bits per heavy atom. The van der Waals surface area contributed by atoms with E-state index in [1.807, 2.05) is 0 Å². The minimum atomic E-state index is -1.94. The molecule has 0 radical (unpaired) electrons. The quantitative estimate of drug-likeness (QED) is 0.148. The lowest BCUT2D eigenvalue weighted by Gasteiger charge is -2.43. The molecule has 4 rings (SSSR count). The maximum atomic E-state index is 14.9. The van der Waals surface area contributed by atoms with Crippen LogP contribution >= 0.6 is 0 Å². The molecule has 0 aromatic heterocycles. The van der Waals surface area contributed by atoms with E-state index < -0.39 is 109 Å². The molecule has 3 unspecified atom stereocenters. The third-order valence-corrected chi connectivity index (χ3v) is 11.1. The van der Waals surface area contributed by atoms with Crippen LogP contribution in [0.2, 0.25) is 0 Å². The second kappa shape index (κ2) is 21.7. The fraction of sp³-hybridized carbons (Fsp3) is 0.558. The van der Waals surface area contributed by atoms with Crippen LogP contribution in [-0.2, 0) is 51.1 Å². The number of amides is 6. The van der Waals surface area contributed by atoms with Crippen LogP contribution in [0.4, 0.5) is 0 Å². The molecule has 2 saturated heterocycles. The van der Waals surface area contributed by atoms with Gasteiger partial charge in [0, 0.05) is 19.9 Å². The topological polar surface area (TPSA) is 244 Å². The van der Waals surface area contributed by atoms with Gasteiger partial charge in [-0.3, -0.25) is 28.8 Å². The standard InChI is InChI=1S/C43H60N6O11/c1-7-25(4)35-43(59)60-26(5)36(47-39(55)33(51)23-50)40(56)45-30(20-24(2)3)37(53)44-29-18-19-34(52)49(41(29)57)32(22-28-16-12-9-13-17-28)42(58)48(6)31(38(54)46-35)21-27-14-10-8-11-15-27/h8-17,24-26,29-36,50-52H,7,18-23H2,1-6H3,(H,44,53)(H,45,56)(H,46,54)(H,47,55)/t25-,26+,29-,30?,31-,32?,33+,34+,35-,36?/m0/s1. The molecular formula is C43H60N6O11. The number of esters is 1. The molecule has 2 aliphatic heterocycles. The molecule has 2 fully saturated rings. The van der Waals surface area contributed by atoms with Crippen molar-refractivity contribution in [2.45, 2.75) is 128 Å². The number of hydrogen-bond donors (Lipinski definition) is 7. The number of ether oxygens (including phenoxy) is 1. The van der Waals surface area contributed by atoms with Gasteiger partial charge in [0.2, 0.25) is 29.5 Å². The number of nitrogens with zero attached hydrogens (tertiary/aromatic N) is 2. The maximum absolute atomic E-state index is 14.9. The van der Waals surface area contributed by atoms with Gasteiger partial charge in [-0.1, -0.05) is 94.8 Å². The summed E-state index contributed by atoms with van der Waals surface area (Å²) in [6.07, 6.45) is -4.52. The van der Waals surface area contributed by atoms with Gasteiger partial charge in [0.15, 0.2) is 6.10 Å². The minimum Gasteiger partial charge on any atom is -0.458 e. The zero-order valence-electron chi connectivity index (χ0n) is 35.1. The molecule has 6 amide bonds. The van der Waals surface area contributed by atoms with Crippen molar-refractivity contribution in [2.75, 3.05) is 13.7 Å². The molecule has 2 heterocycles. The van der Waals surface area contributed by atoms with Gasteiger partial charge < -0.3 is 51.1 Å². The molecule has 17 heteroatoms. The normalized spacial score (nSPS) is 27.4. The number of nitrogens with one attached hydrogen (secondary N) is 4. The van der Waals surface area contributed by atoms with E-state index >= 15 is 0 Å². The van der Waals surface area contributed by atoms with Crippen molar-refractivity contribution in [1.29, 1.82) is 0 Å². The van der Waals surface area contributed by atoms with Crippen molar-refractivity contribution in [3.8, 4) is 0 Å². The predicted octanol–water partition coefficient (Wildman–Crippen LogP) is -0.0619. The highest BCUT2D eigenvalue weighted by molar-refractivity contribution is 5.98. The number of carbonyl (C=O) groups excluding carboxylic acids is 7. The lowest BCUT2D eigenvalue weighted by Crippen LogP contribution is -2.65. The van der Waals surface area contributed by atoms with E-state index in [1.54, 1.807) is 88.4 Å². The summed E-state index contributed by atoms with van der Waals surface area (Å²) in [5.41, 5.74) is 1.33. The fourth-order valence-electron chi connectivity index (χ4n) is 7.38. The summed E-state index contributed by atoms with van der Waals surface area (Å²) in [7, 11) is 1.41. The molecule has 0 spiro atoms. The zero-order chi connectivity index (χ0) is 44.3. The molecule has 17 nitrogen and oxygen atoms in total.